The zero-order valence-corrected chi connectivity index (χ0v) is 15.4. The van der Waals surface area contributed by atoms with E-state index in [-0.39, 0.29) is 22.4 Å². The van der Waals surface area contributed by atoms with E-state index in [0.29, 0.717) is 11.5 Å². The molecule has 1 heterocycles. The lowest BCUT2D eigenvalue weighted by Gasteiger charge is -2.36. The number of hydrogen-bond acceptors (Lipinski definition) is 3. The molecular weight excluding hydrogens is 316 g/mol. The van der Waals surface area contributed by atoms with Crippen molar-refractivity contribution in [3.05, 3.63) is 51.4 Å². The molecule has 1 fully saturated rings. The Labute approximate surface area is 147 Å². The molecule has 0 radical (unpaired) electrons. The van der Waals surface area contributed by atoms with Gasteiger partial charge in [0, 0.05) is 18.0 Å². The number of rotatable bonds is 2. The maximum Gasteiger partial charge on any atom is 0.337 e. The summed E-state index contributed by atoms with van der Waals surface area (Å²) in [5.74, 6) is -0.0534. The Bertz CT molecular complexity index is 933. The SMILES string of the molecule is COC(=O)c1ccc(-n2c(=O)c3c(n2C)[C@]2(C)CC[C@H]3C2(C)C)cc1. The van der Waals surface area contributed by atoms with Crippen molar-refractivity contribution >= 4 is 5.97 Å². The van der Waals surface area contributed by atoms with Gasteiger partial charge in [-0.1, -0.05) is 20.8 Å². The average Bonchev–Trinajstić information content (AvgIpc) is 3.06. The lowest BCUT2D eigenvalue weighted by Crippen LogP contribution is -2.35. The molecule has 1 aromatic heterocycles. The molecule has 0 aliphatic heterocycles. The summed E-state index contributed by atoms with van der Waals surface area (Å²) >= 11 is 0. The van der Waals surface area contributed by atoms with E-state index in [2.05, 4.69) is 20.8 Å². The minimum Gasteiger partial charge on any atom is -0.465 e. The Morgan fingerprint density at radius 2 is 1.84 bits per heavy atom. The van der Waals surface area contributed by atoms with Gasteiger partial charge in [-0.05, 0) is 48.4 Å². The van der Waals surface area contributed by atoms with Gasteiger partial charge in [0.25, 0.3) is 5.56 Å². The number of carbonyl (C=O) groups is 1. The molecule has 2 bridgehead atoms. The number of esters is 1. The van der Waals surface area contributed by atoms with E-state index in [1.165, 1.54) is 12.8 Å². The predicted octanol–water partition coefficient (Wildman–Crippen LogP) is 3.14. The first-order chi connectivity index (χ1) is 11.7. The van der Waals surface area contributed by atoms with Crippen LogP contribution in [0.5, 0.6) is 0 Å². The minimum absolute atomic E-state index is 0.0259. The molecule has 5 heteroatoms. The Morgan fingerprint density at radius 1 is 1.20 bits per heavy atom. The summed E-state index contributed by atoms with van der Waals surface area (Å²) in [4.78, 5) is 24.8. The monoisotopic (exact) mass is 340 g/mol. The van der Waals surface area contributed by atoms with Gasteiger partial charge in [0.05, 0.1) is 24.1 Å². The van der Waals surface area contributed by atoms with Gasteiger partial charge in [-0.3, -0.25) is 9.48 Å². The van der Waals surface area contributed by atoms with Crippen molar-refractivity contribution in [1.82, 2.24) is 9.36 Å². The lowest BCUT2D eigenvalue weighted by molar-refractivity contribution is 0.0600. The molecule has 0 unspecified atom stereocenters. The molecule has 4 rings (SSSR count). The summed E-state index contributed by atoms with van der Waals surface area (Å²) < 4.78 is 8.49. The smallest absolute Gasteiger partial charge is 0.337 e. The van der Waals surface area contributed by atoms with Gasteiger partial charge < -0.3 is 4.74 Å². The van der Waals surface area contributed by atoms with Gasteiger partial charge in [-0.2, -0.15) is 0 Å². The van der Waals surface area contributed by atoms with E-state index >= 15 is 0 Å². The van der Waals surface area contributed by atoms with Gasteiger partial charge in [0.1, 0.15) is 0 Å². The number of carbonyl (C=O) groups excluding carboxylic acids is 1. The molecule has 0 spiro atoms. The van der Waals surface area contributed by atoms with Gasteiger partial charge in [0.2, 0.25) is 0 Å². The second-order valence-electron chi connectivity index (χ2n) is 8.09. The van der Waals surface area contributed by atoms with E-state index in [1.807, 2.05) is 11.7 Å². The van der Waals surface area contributed by atoms with Crippen molar-refractivity contribution in [3.63, 3.8) is 0 Å². The molecule has 2 aliphatic carbocycles. The second-order valence-corrected chi connectivity index (χ2v) is 8.09. The summed E-state index contributed by atoms with van der Waals surface area (Å²) in [6, 6.07) is 7.01. The first kappa shape index (κ1) is 16.2. The van der Waals surface area contributed by atoms with Crippen LogP contribution in [0, 0.1) is 5.41 Å². The summed E-state index contributed by atoms with van der Waals surface area (Å²) in [7, 11) is 3.33. The third-order valence-corrected chi connectivity index (χ3v) is 6.93. The molecule has 132 valence electrons. The van der Waals surface area contributed by atoms with Crippen LogP contribution in [0.25, 0.3) is 5.69 Å². The van der Waals surface area contributed by atoms with Crippen LogP contribution in [0.4, 0.5) is 0 Å². The van der Waals surface area contributed by atoms with E-state index in [4.69, 9.17) is 4.74 Å². The zero-order valence-electron chi connectivity index (χ0n) is 15.4. The van der Waals surface area contributed by atoms with Crippen molar-refractivity contribution in [3.8, 4) is 5.69 Å². The molecule has 5 nitrogen and oxygen atoms in total. The molecule has 0 N–H and O–H groups in total. The number of benzene rings is 1. The van der Waals surface area contributed by atoms with Crippen LogP contribution in [-0.2, 0) is 17.2 Å². The maximum absolute atomic E-state index is 13.2. The predicted molar refractivity (Wildman–Crippen MR) is 95.5 cm³/mol. The van der Waals surface area contributed by atoms with Crippen LogP contribution in [0.1, 0.15) is 61.1 Å². The van der Waals surface area contributed by atoms with Crippen LogP contribution < -0.4 is 5.56 Å². The number of methoxy groups -OCH3 is 1. The highest BCUT2D eigenvalue weighted by Crippen LogP contribution is 2.66. The molecular formula is C20H24N2O3. The summed E-state index contributed by atoms with van der Waals surface area (Å²) in [5, 5.41) is 0. The fourth-order valence-corrected chi connectivity index (χ4v) is 5.17. The molecule has 2 aromatic rings. The molecule has 0 saturated heterocycles. The van der Waals surface area contributed by atoms with Crippen molar-refractivity contribution in [1.29, 1.82) is 0 Å². The van der Waals surface area contributed by atoms with E-state index < -0.39 is 0 Å². The van der Waals surface area contributed by atoms with Gasteiger partial charge in [0.15, 0.2) is 0 Å². The number of hydrogen-bond donors (Lipinski definition) is 0. The average molecular weight is 340 g/mol. The molecule has 1 aromatic carbocycles. The molecule has 1 saturated carbocycles. The topological polar surface area (TPSA) is 53.2 Å². The van der Waals surface area contributed by atoms with Gasteiger partial charge in [-0.25, -0.2) is 9.48 Å². The number of aromatic nitrogens is 2. The fraction of sp³-hybridized carbons (Fsp3) is 0.500. The van der Waals surface area contributed by atoms with E-state index in [1.54, 1.807) is 28.9 Å². The second kappa shape index (κ2) is 4.87. The van der Waals surface area contributed by atoms with Gasteiger partial charge in [-0.15, -0.1) is 0 Å². The summed E-state index contributed by atoms with van der Waals surface area (Å²) in [6.07, 6.45) is 2.20. The maximum atomic E-state index is 13.2. The minimum atomic E-state index is -0.374. The number of nitrogens with zero attached hydrogens (tertiary/aromatic N) is 2. The summed E-state index contributed by atoms with van der Waals surface area (Å²) in [5.41, 5.74) is 3.63. The Balaban J connectivity index is 1.87. The third kappa shape index (κ3) is 1.78. The third-order valence-electron chi connectivity index (χ3n) is 6.93. The van der Waals surface area contributed by atoms with E-state index in [9.17, 15) is 9.59 Å². The molecule has 25 heavy (non-hydrogen) atoms. The van der Waals surface area contributed by atoms with Crippen LogP contribution >= 0.6 is 0 Å². The largest absolute Gasteiger partial charge is 0.465 e. The van der Waals surface area contributed by atoms with Crippen molar-refractivity contribution in [2.75, 3.05) is 7.11 Å². The van der Waals surface area contributed by atoms with Gasteiger partial charge >= 0.3 is 5.97 Å². The van der Waals surface area contributed by atoms with Crippen LogP contribution in [0.15, 0.2) is 29.1 Å². The Morgan fingerprint density at radius 3 is 2.40 bits per heavy atom. The van der Waals surface area contributed by atoms with Crippen molar-refractivity contribution < 1.29 is 9.53 Å². The van der Waals surface area contributed by atoms with Crippen LogP contribution in [0.3, 0.4) is 0 Å². The highest BCUT2D eigenvalue weighted by molar-refractivity contribution is 5.89. The highest BCUT2D eigenvalue weighted by atomic mass is 16.5. The quantitative estimate of drug-likeness (QED) is 0.789. The Kier molecular flexibility index (Phi) is 3.15. The first-order valence-corrected chi connectivity index (χ1v) is 8.75. The molecule has 2 aliphatic rings. The molecule has 2 atom stereocenters. The number of fused-ring (bicyclic) bond motifs is 5. The van der Waals surface area contributed by atoms with E-state index in [0.717, 1.165) is 24.1 Å². The van der Waals surface area contributed by atoms with Crippen LogP contribution in [0.2, 0.25) is 0 Å². The normalized spacial score (nSPS) is 25.9. The molecule has 0 amide bonds. The fourth-order valence-electron chi connectivity index (χ4n) is 5.17. The van der Waals surface area contributed by atoms with Crippen molar-refractivity contribution in [2.24, 2.45) is 12.5 Å². The van der Waals surface area contributed by atoms with Crippen molar-refractivity contribution in [2.45, 2.75) is 44.9 Å². The standard InChI is InChI=1S/C20H24N2O3/c1-19(2)14-10-11-20(19,3)16-15(14)17(23)22(21(16)4)13-8-6-12(7-9-13)18(24)25-5/h6-9,14H,10-11H2,1-5H3/t14-,20+/m1/s1. The zero-order chi connectivity index (χ0) is 18.1. The van der Waals surface area contributed by atoms with Crippen LogP contribution in [-0.4, -0.2) is 22.4 Å². The first-order valence-electron chi connectivity index (χ1n) is 8.75. The highest BCUT2D eigenvalue weighted by Gasteiger charge is 2.62. The Hall–Kier alpha value is -2.30. The number of ether oxygens (including phenoxy) is 1. The lowest BCUT2D eigenvalue weighted by atomic mass is 9.70. The summed E-state index contributed by atoms with van der Waals surface area (Å²) in [6.45, 7) is 6.88.